The van der Waals surface area contributed by atoms with Gasteiger partial charge in [0.05, 0.1) is 22.8 Å². The zero-order valence-electron chi connectivity index (χ0n) is 21.3. The number of ether oxygens (including phenoxy) is 3. The maximum atomic E-state index is 13.6. The molecule has 0 aliphatic carbocycles. The van der Waals surface area contributed by atoms with E-state index in [1.807, 2.05) is 0 Å². The van der Waals surface area contributed by atoms with Crippen LogP contribution < -0.4 is 9.47 Å². The highest BCUT2D eigenvalue weighted by Gasteiger charge is 2.84. The van der Waals surface area contributed by atoms with Crippen LogP contribution in [0.5, 0.6) is 11.5 Å². The van der Waals surface area contributed by atoms with Gasteiger partial charge in [-0.1, -0.05) is 50.6 Å². The molecule has 41 heavy (non-hydrogen) atoms. The van der Waals surface area contributed by atoms with E-state index < -0.39 is 46.7 Å². The van der Waals surface area contributed by atoms with Gasteiger partial charge in [-0.3, -0.25) is 0 Å². The second kappa shape index (κ2) is 13.7. The summed E-state index contributed by atoms with van der Waals surface area (Å²) in [6, 6.07) is 7.82. The van der Waals surface area contributed by atoms with Crippen LogP contribution in [-0.4, -0.2) is 42.7 Å². The van der Waals surface area contributed by atoms with Crippen LogP contribution in [0.2, 0.25) is 5.02 Å². The van der Waals surface area contributed by atoms with Gasteiger partial charge >= 0.3 is 36.1 Å². The molecule has 0 heterocycles. The number of unbranched alkanes of at least 4 members (excludes halogenated alkanes) is 5. The van der Waals surface area contributed by atoms with Crippen molar-refractivity contribution in [3.05, 3.63) is 58.6 Å². The van der Waals surface area contributed by atoms with Crippen molar-refractivity contribution in [1.82, 2.24) is 0 Å². The molecule has 5 nitrogen and oxygen atoms in total. The van der Waals surface area contributed by atoms with E-state index >= 15 is 0 Å². The van der Waals surface area contributed by atoms with Gasteiger partial charge in [0.15, 0.2) is 0 Å². The third-order valence-electron chi connectivity index (χ3n) is 5.56. The number of benzene rings is 2. The number of hydrogen-bond donors (Lipinski definition) is 0. The topological polar surface area (TPSA) is 61.8 Å². The van der Waals surface area contributed by atoms with E-state index in [1.54, 1.807) is 0 Å². The summed E-state index contributed by atoms with van der Waals surface area (Å²) >= 11 is 5.71. The molecule has 0 aliphatic rings. The minimum absolute atomic E-state index is 0.0454. The Hall–Kier alpha value is -3.16. The van der Waals surface area contributed by atoms with Crippen LogP contribution in [0.25, 0.3) is 0 Å². The van der Waals surface area contributed by atoms with Crippen LogP contribution in [-0.2, 0) is 4.74 Å². The minimum Gasteiger partial charge on any atom is -0.494 e. The minimum atomic E-state index is -7.25. The average molecular weight is 623 g/mol. The Balaban J connectivity index is 2.00. The van der Waals surface area contributed by atoms with E-state index in [-0.39, 0.29) is 11.3 Å². The number of halogens is 10. The van der Waals surface area contributed by atoms with Gasteiger partial charge in [-0.25, -0.2) is 9.59 Å². The monoisotopic (exact) mass is 622 g/mol. The Bertz CT molecular complexity index is 1180. The molecule has 0 spiro atoms. The Kier molecular flexibility index (Phi) is 11.3. The van der Waals surface area contributed by atoms with Gasteiger partial charge in [0.2, 0.25) is 0 Å². The molecule has 0 aromatic heterocycles. The molecule has 0 atom stereocenters. The summed E-state index contributed by atoms with van der Waals surface area (Å²) in [7, 11) is 0. The van der Waals surface area contributed by atoms with E-state index in [2.05, 4.69) is 11.7 Å². The number of rotatable bonds is 14. The van der Waals surface area contributed by atoms with E-state index in [0.29, 0.717) is 24.5 Å². The summed E-state index contributed by atoms with van der Waals surface area (Å²) in [5, 5.41) is -0.833. The Morgan fingerprint density at radius 2 is 1.29 bits per heavy atom. The number of carbonyl (C=O) groups excluding carboxylic acids is 2. The molecular formula is C26H24ClF9O5. The van der Waals surface area contributed by atoms with Crippen molar-refractivity contribution in [3.63, 3.8) is 0 Å². The van der Waals surface area contributed by atoms with Crippen molar-refractivity contribution >= 4 is 23.5 Å². The Morgan fingerprint density at radius 3 is 1.85 bits per heavy atom. The van der Waals surface area contributed by atoms with Crippen LogP contribution in [0.4, 0.5) is 39.5 Å². The van der Waals surface area contributed by atoms with Crippen LogP contribution in [0, 0.1) is 0 Å². The molecule has 2 aromatic rings. The molecule has 2 rings (SSSR count). The predicted molar refractivity (Wildman–Crippen MR) is 128 cm³/mol. The largest absolute Gasteiger partial charge is 0.494 e. The SMILES string of the molecule is CCCCCCCCOc1ccc(C(=O)Oc2ccc(C(=O)OC(F)(F)C(F)(F)C(F)(F)C(F)(F)F)c(Cl)c2)cc1. The molecule has 0 fully saturated rings. The van der Waals surface area contributed by atoms with Gasteiger partial charge in [0.25, 0.3) is 0 Å². The van der Waals surface area contributed by atoms with E-state index in [4.69, 9.17) is 21.1 Å². The van der Waals surface area contributed by atoms with Gasteiger partial charge in [0, 0.05) is 6.07 Å². The van der Waals surface area contributed by atoms with Crippen molar-refractivity contribution in [1.29, 1.82) is 0 Å². The number of alkyl halides is 9. The molecule has 0 saturated carbocycles. The van der Waals surface area contributed by atoms with E-state index in [9.17, 15) is 49.1 Å². The number of hydrogen-bond acceptors (Lipinski definition) is 5. The van der Waals surface area contributed by atoms with Crippen molar-refractivity contribution in [2.75, 3.05) is 6.61 Å². The lowest BCUT2D eigenvalue weighted by Crippen LogP contribution is -2.62. The lowest BCUT2D eigenvalue weighted by Gasteiger charge is -2.32. The summed E-state index contributed by atoms with van der Waals surface area (Å²) in [5.74, 6) is -17.7. The molecule has 0 bridgehead atoms. The zero-order valence-corrected chi connectivity index (χ0v) is 22.1. The second-order valence-corrected chi connectivity index (χ2v) is 9.13. The highest BCUT2D eigenvalue weighted by Crippen LogP contribution is 2.53. The summed E-state index contributed by atoms with van der Waals surface area (Å²) in [6.07, 6.45) is -7.21. The van der Waals surface area contributed by atoms with Crippen LogP contribution >= 0.6 is 11.6 Å². The van der Waals surface area contributed by atoms with Gasteiger partial charge in [-0.05, 0) is 42.8 Å². The first-order valence-electron chi connectivity index (χ1n) is 12.1. The quantitative estimate of drug-likeness (QED) is 0.0911. The predicted octanol–water partition coefficient (Wildman–Crippen LogP) is 8.88. The molecule has 0 unspecified atom stereocenters. The molecule has 0 N–H and O–H groups in total. The standard InChI is InChI=1S/C26H24ClF9O5/c1-2-3-4-5-6-7-14-39-17-10-8-16(9-11-17)21(37)40-18-12-13-19(20(27)15-18)22(38)41-26(35,36)24(30,31)23(28,29)25(32,33)34/h8-13,15H,2-7,14H2,1H3. The zero-order chi connectivity index (χ0) is 31.1. The van der Waals surface area contributed by atoms with Crippen LogP contribution in [0.3, 0.4) is 0 Å². The third kappa shape index (κ3) is 8.43. The maximum absolute atomic E-state index is 13.6. The first-order chi connectivity index (χ1) is 18.9. The normalized spacial score (nSPS) is 12.7. The van der Waals surface area contributed by atoms with Crippen molar-refractivity contribution in [2.45, 2.75) is 69.6 Å². The Labute approximate surface area is 233 Å². The first-order valence-corrected chi connectivity index (χ1v) is 12.5. The van der Waals surface area contributed by atoms with E-state index in [1.165, 1.54) is 30.7 Å². The lowest BCUT2D eigenvalue weighted by atomic mass is 10.1. The number of esters is 2. The molecule has 0 radical (unpaired) electrons. The van der Waals surface area contributed by atoms with Crippen molar-refractivity contribution in [3.8, 4) is 11.5 Å². The fraction of sp³-hybridized carbons (Fsp3) is 0.462. The first kappa shape index (κ1) is 34.0. The van der Waals surface area contributed by atoms with Crippen LogP contribution in [0.15, 0.2) is 42.5 Å². The molecule has 15 heteroatoms. The van der Waals surface area contributed by atoms with Crippen molar-refractivity contribution < 1.29 is 63.3 Å². The molecule has 2 aromatic carbocycles. The maximum Gasteiger partial charge on any atom is 0.473 e. The summed E-state index contributed by atoms with van der Waals surface area (Å²) < 4.78 is 130. The highest BCUT2D eigenvalue weighted by molar-refractivity contribution is 6.33. The fourth-order valence-corrected chi connectivity index (χ4v) is 3.49. The lowest BCUT2D eigenvalue weighted by molar-refractivity contribution is -0.433. The molecule has 0 aliphatic heterocycles. The molecular weight excluding hydrogens is 599 g/mol. The third-order valence-corrected chi connectivity index (χ3v) is 5.88. The average Bonchev–Trinajstić information content (AvgIpc) is 2.87. The van der Waals surface area contributed by atoms with Gasteiger partial charge in [0.1, 0.15) is 11.5 Å². The highest BCUT2D eigenvalue weighted by atomic mass is 35.5. The smallest absolute Gasteiger partial charge is 0.473 e. The molecule has 0 saturated heterocycles. The summed E-state index contributed by atoms with van der Waals surface area (Å²) in [6.45, 7) is 2.61. The summed E-state index contributed by atoms with van der Waals surface area (Å²) in [4.78, 5) is 24.2. The van der Waals surface area contributed by atoms with Crippen LogP contribution in [0.1, 0.15) is 66.2 Å². The Morgan fingerprint density at radius 1 is 0.732 bits per heavy atom. The fourth-order valence-electron chi connectivity index (χ4n) is 3.25. The number of carbonyl (C=O) groups is 2. The second-order valence-electron chi connectivity index (χ2n) is 8.72. The van der Waals surface area contributed by atoms with Gasteiger partial charge in [-0.15, -0.1) is 0 Å². The van der Waals surface area contributed by atoms with Gasteiger partial charge < -0.3 is 14.2 Å². The van der Waals surface area contributed by atoms with E-state index in [0.717, 1.165) is 38.2 Å². The van der Waals surface area contributed by atoms with Gasteiger partial charge in [-0.2, -0.15) is 39.5 Å². The summed E-state index contributed by atoms with van der Waals surface area (Å²) in [5.41, 5.74) is -1.08. The molecule has 0 amide bonds. The molecule has 228 valence electrons. The van der Waals surface area contributed by atoms with Crippen molar-refractivity contribution in [2.24, 2.45) is 0 Å².